The van der Waals surface area contributed by atoms with Crippen LogP contribution >= 0.6 is 0 Å². The molecule has 1 amide bonds. The molecule has 4 fully saturated rings. The van der Waals surface area contributed by atoms with Gasteiger partial charge in [-0.25, -0.2) is 31.1 Å². The summed E-state index contributed by atoms with van der Waals surface area (Å²) in [5.74, 6) is -5.03. The maximum Gasteiger partial charge on any atom is 0.407 e. The number of rotatable bonds is 6. The van der Waals surface area contributed by atoms with Gasteiger partial charge in [0.25, 0.3) is 5.92 Å². The van der Waals surface area contributed by atoms with Gasteiger partial charge in [0.1, 0.15) is 47.5 Å². The average molecular weight is 866 g/mol. The van der Waals surface area contributed by atoms with Crippen LogP contribution in [0.1, 0.15) is 58.9 Å². The minimum atomic E-state index is -4.64. The number of fused-ring (bicyclic) bond motifs is 7. The van der Waals surface area contributed by atoms with Crippen molar-refractivity contribution in [1.82, 2.24) is 29.5 Å². The Bertz CT molecular complexity index is 2480. The second kappa shape index (κ2) is 15.0. The molecule has 324 valence electrons. The summed E-state index contributed by atoms with van der Waals surface area (Å²) in [5, 5.41) is 3.19. The number of ether oxygens (including phenoxy) is 2. The first kappa shape index (κ1) is 40.7. The molecular weight excluding hydrogens is 821 g/mol. The van der Waals surface area contributed by atoms with Gasteiger partial charge in [0.05, 0.1) is 29.6 Å². The highest BCUT2D eigenvalue weighted by Crippen LogP contribution is 2.43. The summed E-state index contributed by atoms with van der Waals surface area (Å²) in [6.45, 7) is 1.24. The van der Waals surface area contributed by atoms with Crippen molar-refractivity contribution >= 4 is 43.9 Å². The smallest absolute Gasteiger partial charge is 0.407 e. The third-order valence-corrected chi connectivity index (χ3v) is 13.8. The zero-order valence-corrected chi connectivity index (χ0v) is 33.5. The molecule has 6 aliphatic rings. The molecular formula is C40H45F6N7O6S. The number of carbonyl (C=O) groups is 1. The Hall–Kier alpha value is -4.69. The zero-order valence-electron chi connectivity index (χ0n) is 32.7. The number of hydrogen-bond donors (Lipinski definition) is 1. The van der Waals surface area contributed by atoms with E-state index in [0.717, 1.165) is 16.8 Å². The van der Waals surface area contributed by atoms with Crippen LogP contribution in [0.3, 0.4) is 0 Å². The normalized spacial score (nSPS) is 27.5. The van der Waals surface area contributed by atoms with Crippen molar-refractivity contribution < 1.29 is 54.6 Å². The fraction of sp³-hybridized carbons (Fsp3) is 0.550. The van der Waals surface area contributed by atoms with E-state index >= 15 is 13.2 Å². The highest BCUT2D eigenvalue weighted by Gasteiger charge is 2.50. The Balaban J connectivity index is 0.00000514. The molecule has 2 aromatic heterocycles. The van der Waals surface area contributed by atoms with E-state index in [4.69, 9.17) is 13.7 Å². The number of piperidine rings is 2. The number of anilines is 1. The number of nitrogens with one attached hydrogen (secondary N) is 1. The number of carbonyl (C=O) groups excluding carboxylic acids is 1. The number of alkyl halides is 4. The molecule has 60 heavy (non-hydrogen) atoms. The summed E-state index contributed by atoms with van der Waals surface area (Å²) in [5.41, 5.74) is -2.51. The van der Waals surface area contributed by atoms with Crippen molar-refractivity contribution in [3.63, 3.8) is 0 Å². The van der Waals surface area contributed by atoms with Crippen molar-refractivity contribution in [3.05, 3.63) is 47.7 Å². The molecule has 4 aromatic rings. The van der Waals surface area contributed by atoms with Gasteiger partial charge in [0.15, 0.2) is 5.82 Å². The lowest BCUT2D eigenvalue weighted by molar-refractivity contribution is -0.0420. The monoisotopic (exact) mass is 865 g/mol. The second-order valence-corrected chi connectivity index (χ2v) is 18.4. The largest absolute Gasteiger partial charge is 0.461 e. The lowest BCUT2D eigenvalue weighted by atomic mass is 9.90. The van der Waals surface area contributed by atoms with Gasteiger partial charge in [-0.15, -0.1) is 0 Å². The molecule has 2 aromatic carbocycles. The van der Waals surface area contributed by atoms with Crippen molar-refractivity contribution in [2.24, 2.45) is 0 Å². The first-order valence-electron chi connectivity index (χ1n) is 20.1. The molecule has 6 bridgehead atoms. The van der Waals surface area contributed by atoms with Gasteiger partial charge in [0, 0.05) is 65.0 Å². The van der Waals surface area contributed by atoms with Crippen LogP contribution in [0.5, 0.6) is 11.8 Å². The molecule has 13 nitrogen and oxygen atoms in total. The number of alkyl carbamates (subject to hydrolysis) is 1. The second-order valence-electron chi connectivity index (χ2n) is 16.9. The summed E-state index contributed by atoms with van der Waals surface area (Å²) < 4.78 is 136. The van der Waals surface area contributed by atoms with E-state index in [1.807, 2.05) is 4.90 Å². The van der Waals surface area contributed by atoms with Gasteiger partial charge in [-0.3, -0.25) is 9.88 Å². The van der Waals surface area contributed by atoms with Gasteiger partial charge >= 0.3 is 22.4 Å². The minimum absolute atomic E-state index is 0. The first-order valence-corrected chi connectivity index (χ1v) is 21.4. The van der Waals surface area contributed by atoms with Gasteiger partial charge in [0.2, 0.25) is 0 Å². The van der Waals surface area contributed by atoms with Crippen LogP contribution < -0.4 is 19.1 Å². The standard InChI is InChI=1S/C40H43F6N7O6S.H2/c1-38-16-24(41)19-51(21-38)35-29-18-47-33(32(44)34(29)48-36(49-35)58-22-39-7-3-10-52(39)20-25(42)17-39)28-15-26(59-60(55,56)53-11-8-40(45,46)9-12-53)14-23-5-6-30(43)27(31(23)28)4-2-13-57-37(54)50-38;/h5-6,14-15,18,24-25H,2-4,7-13,16-17,19-22H2,1H3,(H,50,54);1H/t24-,25-,38-,39+;/m1./s1. The Labute approximate surface area is 343 Å². The van der Waals surface area contributed by atoms with E-state index in [0.29, 0.717) is 13.0 Å². The van der Waals surface area contributed by atoms with E-state index in [-0.39, 0.29) is 116 Å². The van der Waals surface area contributed by atoms with E-state index < -0.39 is 83.3 Å². The Kier molecular flexibility index (Phi) is 10.2. The quantitative estimate of drug-likeness (QED) is 0.208. The number of halogens is 6. The van der Waals surface area contributed by atoms with Gasteiger partial charge in [-0.05, 0) is 73.7 Å². The molecule has 6 aliphatic heterocycles. The summed E-state index contributed by atoms with van der Waals surface area (Å²) in [7, 11) is -4.64. The summed E-state index contributed by atoms with van der Waals surface area (Å²) in [4.78, 5) is 30.3. The fourth-order valence-electron chi connectivity index (χ4n) is 9.63. The topological polar surface area (TPSA) is 139 Å². The predicted molar refractivity (Wildman–Crippen MR) is 209 cm³/mol. The Morgan fingerprint density at radius 2 is 1.80 bits per heavy atom. The molecule has 4 atom stereocenters. The fourth-order valence-corrected chi connectivity index (χ4v) is 10.7. The highest BCUT2D eigenvalue weighted by molar-refractivity contribution is 7.84. The summed E-state index contributed by atoms with van der Waals surface area (Å²) in [6.07, 6.45) is -1.76. The lowest BCUT2D eigenvalue weighted by Crippen LogP contribution is -2.60. The highest BCUT2D eigenvalue weighted by atomic mass is 32.2. The average Bonchev–Trinajstić information content (AvgIpc) is 3.70. The van der Waals surface area contributed by atoms with E-state index in [9.17, 15) is 26.4 Å². The molecule has 0 aliphatic carbocycles. The summed E-state index contributed by atoms with van der Waals surface area (Å²) >= 11 is 0. The molecule has 1 N–H and O–H groups in total. The third kappa shape index (κ3) is 7.63. The predicted octanol–water partition coefficient (Wildman–Crippen LogP) is 6.66. The van der Waals surface area contributed by atoms with Gasteiger partial charge in [-0.1, -0.05) is 6.07 Å². The molecule has 20 heteroatoms. The molecule has 0 radical (unpaired) electrons. The number of amides is 1. The molecule has 0 unspecified atom stereocenters. The minimum Gasteiger partial charge on any atom is -0.461 e. The number of aromatic nitrogens is 3. The van der Waals surface area contributed by atoms with Crippen molar-refractivity contribution in [2.45, 2.75) is 87.6 Å². The number of hydrogen-bond acceptors (Lipinski definition) is 11. The lowest BCUT2D eigenvalue weighted by Gasteiger charge is -2.42. The maximum absolute atomic E-state index is 17.5. The maximum atomic E-state index is 17.5. The van der Waals surface area contributed by atoms with Crippen LogP contribution in [-0.4, -0.2) is 120 Å². The van der Waals surface area contributed by atoms with Crippen molar-refractivity contribution in [1.29, 1.82) is 0 Å². The van der Waals surface area contributed by atoms with E-state index in [1.165, 1.54) is 29.3 Å². The molecule has 0 spiro atoms. The number of benzene rings is 2. The molecule has 8 heterocycles. The van der Waals surface area contributed by atoms with Crippen LogP contribution in [0.2, 0.25) is 0 Å². The Morgan fingerprint density at radius 1 is 1.02 bits per heavy atom. The number of aryl methyl sites for hydroxylation is 1. The van der Waals surface area contributed by atoms with Crippen LogP contribution in [0.15, 0.2) is 30.5 Å². The van der Waals surface area contributed by atoms with Crippen molar-refractivity contribution in [3.8, 4) is 23.0 Å². The van der Waals surface area contributed by atoms with Crippen LogP contribution in [-0.2, 0) is 21.5 Å². The number of pyridine rings is 1. The van der Waals surface area contributed by atoms with E-state index in [2.05, 4.69) is 20.3 Å². The van der Waals surface area contributed by atoms with Gasteiger partial charge < -0.3 is 23.9 Å². The first-order chi connectivity index (χ1) is 28.5. The van der Waals surface area contributed by atoms with Crippen LogP contribution in [0, 0.1) is 11.6 Å². The molecule has 10 rings (SSSR count). The van der Waals surface area contributed by atoms with Gasteiger partial charge in [-0.2, -0.15) is 22.7 Å². The SMILES string of the molecule is C[C@@]12C[C@@H](F)CN(C1)c1nc(OC[C@@]34CCCN3C[C@H](F)C4)nc3c(F)c(ncc13)-c1cc(OS(=O)(=O)N3CCC(F)(F)CC3)cc3ccc(F)c(c13)CCCOC(=O)N2.[HH]. The Morgan fingerprint density at radius 3 is 2.60 bits per heavy atom. The zero-order chi connectivity index (χ0) is 42.2. The number of nitrogens with zero attached hydrogens (tertiary/aromatic N) is 6. The molecule has 4 saturated heterocycles. The van der Waals surface area contributed by atoms with Crippen molar-refractivity contribution in [2.75, 3.05) is 57.4 Å². The van der Waals surface area contributed by atoms with Crippen LogP contribution in [0.4, 0.5) is 37.0 Å². The third-order valence-electron chi connectivity index (χ3n) is 12.4. The van der Waals surface area contributed by atoms with E-state index in [1.54, 1.807) is 6.92 Å². The molecule has 0 saturated carbocycles. The van der Waals surface area contributed by atoms with Crippen LogP contribution in [0.25, 0.3) is 32.9 Å². The summed E-state index contributed by atoms with van der Waals surface area (Å²) in [6, 6.07) is 4.72.